The van der Waals surface area contributed by atoms with Gasteiger partial charge in [-0.1, -0.05) is 0 Å². The van der Waals surface area contributed by atoms with Crippen LogP contribution >= 0.6 is 0 Å². The molecule has 0 aromatic rings. The molecule has 0 aromatic carbocycles. The largest absolute Gasteiger partial charge is 0.460 e. The first kappa shape index (κ1) is 9.44. The van der Waals surface area contributed by atoms with Crippen molar-refractivity contribution in [3.8, 4) is 0 Å². The molecule has 5 nitrogen and oxygen atoms in total. The highest BCUT2D eigenvalue weighted by molar-refractivity contribution is 5.66. The van der Waals surface area contributed by atoms with Gasteiger partial charge in [0, 0.05) is 13.3 Å². The summed E-state index contributed by atoms with van der Waals surface area (Å²) in [6.45, 7) is 1.14. The Morgan fingerprint density at radius 1 is 1.83 bits per heavy atom. The molecule has 0 aromatic heterocycles. The van der Waals surface area contributed by atoms with Crippen LogP contribution in [0.3, 0.4) is 0 Å². The van der Waals surface area contributed by atoms with Gasteiger partial charge in [0.2, 0.25) is 0 Å². The fourth-order valence-corrected chi connectivity index (χ4v) is 1.25. The molecule has 0 radical (unpaired) electrons. The van der Waals surface area contributed by atoms with Crippen LogP contribution in [0.5, 0.6) is 0 Å². The predicted molar refractivity (Wildman–Crippen MR) is 40.1 cm³/mol. The van der Waals surface area contributed by atoms with Crippen molar-refractivity contribution in [2.45, 2.75) is 31.8 Å². The Bertz CT molecular complexity index is 173. The van der Waals surface area contributed by atoms with Gasteiger partial charge in [-0.05, 0) is 0 Å². The van der Waals surface area contributed by atoms with E-state index in [9.17, 15) is 4.79 Å². The first-order chi connectivity index (χ1) is 5.63. The van der Waals surface area contributed by atoms with Crippen molar-refractivity contribution in [1.82, 2.24) is 0 Å². The average molecular weight is 175 g/mol. The molecule has 0 aliphatic carbocycles. The molecule has 0 bridgehead atoms. The van der Waals surface area contributed by atoms with Gasteiger partial charge >= 0.3 is 5.97 Å². The van der Waals surface area contributed by atoms with Gasteiger partial charge in [-0.2, -0.15) is 0 Å². The number of aliphatic hydroxyl groups excluding tert-OH is 1. The summed E-state index contributed by atoms with van der Waals surface area (Å²) in [7, 11) is 0. The molecule has 70 valence electrons. The first-order valence-electron chi connectivity index (χ1n) is 3.82. The van der Waals surface area contributed by atoms with Crippen LogP contribution in [0.2, 0.25) is 0 Å². The lowest BCUT2D eigenvalue weighted by Gasteiger charge is -2.14. The molecule has 1 unspecified atom stereocenters. The zero-order valence-corrected chi connectivity index (χ0v) is 6.90. The summed E-state index contributed by atoms with van der Waals surface area (Å²) in [5.74, 6) is -0.379. The summed E-state index contributed by atoms with van der Waals surface area (Å²) in [6.07, 6.45) is -0.858. The maximum atomic E-state index is 10.6. The minimum absolute atomic E-state index is 0.175. The van der Waals surface area contributed by atoms with E-state index in [1.54, 1.807) is 0 Å². The molecular weight excluding hydrogens is 162 g/mol. The highest BCUT2D eigenvalue weighted by Gasteiger charge is 2.35. The van der Waals surface area contributed by atoms with Crippen molar-refractivity contribution in [2.75, 3.05) is 6.61 Å². The van der Waals surface area contributed by atoms with Gasteiger partial charge in [-0.15, -0.1) is 0 Å². The van der Waals surface area contributed by atoms with Crippen LogP contribution in [0, 0.1) is 0 Å². The number of carbonyl (C=O) groups excluding carboxylic acids is 1. The quantitative estimate of drug-likeness (QED) is 0.525. The average Bonchev–Trinajstić information content (AvgIpc) is 2.29. The third-order valence-electron chi connectivity index (χ3n) is 1.73. The summed E-state index contributed by atoms with van der Waals surface area (Å²) in [5, 5.41) is 8.80. The van der Waals surface area contributed by atoms with Gasteiger partial charge in [-0.25, -0.2) is 0 Å². The smallest absolute Gasteiger partial charge is 0.302 e. The van der Waals surface area contributed by atoms with Crippen molar-refractivity contribution >= 4 is 5.97 Å². The van der Waals surface area contributed by atoms with Gasteiger partial charge in [0.1, 0.15) is 18.4 Å². The minimum Gasteiger partial charge on any atom is -0.460 e. The van der Waals surface area contributed by atoms with Crippen LogP contribution in [-0.4, -0.2) is 36.1 Å². The molecule has 12 heavy (non-hydrogen) atoms. The van der Waals surface area contributed by atoms with Crippen molar-refractivity contribution < 1.29 is 19.4 Å². The molecule has 1 heterocycles. The van der Waals surface area contributed by atoms with Crippen LogP contribution in [0.4, 0.5) is 0 Å². The molecule has 1 rings (SSSR count). The van der Waals surface area contributed by atoms with Crippen molar-refractivity contribution in [2.24, 2.45) is 5.73 Å². The molecule has 0 spiro atoms. The van der Waals surface area contributed by atoms with E-state index in [0.29, 0.717) is 6.42 Å². The Morgan fingerprint density at radius 3 is 3.00 bits per heavy atom. The predicted octanol–water partition coefficient (Wildman–Crippen LogP) is -1.02. The molecule has 0 amide bonds. The summed E-state index contributed by atoms with van der Waals surface area (Å²) in [4.78, 5) is 10.6. The zero-order chi connectivity index (χ0) is 9.14. The summed E-state index contributed by atoms with van der Waals surface area (Å²) < 4.78 is 9.96. The third kappa shape index (κ3) is 2.17. The number of carbonyl (C=O) groups is 1. The summed E-state index contributed by atoms with van der Waals surface area (Å²) >= 11 is 0. The lowest BCUT2D eigenvalue weighted by Crippen LogP contribution is -2.29. The van der Waals surface area contributed by atoms with E-state index in [-0.39, 0.29) is 12.6 Å². The minimum atomic E-state index is -0.469. The molecule has 1 aliphatic rings. The molecule has 3 atom stereocenters. The van der Waals surface area contributed by atoms with Crippen molar-refractivity contribution in [3.63, 3.8) is 0 Å². The van der Waals surface area contributed by atoms with Crippen LogP contribution < -0.4 is 5.73 Å². The van der Waals surface area contributed by atoms with E-state index in [1.165, 1.54) is 6.92 Å². The number of hydrogen-bond acceptors (Lipinski definition) is 5. The van der Waals surface area contributed by atoms with Crippen molar-refractivity contribution in [3.05, 3.63) is 0 Å². The van der Waals surface area contributed by atoms with E-state index in [0.717, 1.165) is 0 Å². The molecule has 1 saturated heterocycles. The van der Waals surface area contributed by atoms with Crippen LogP contribution in [0.1, 0.15) is 13.3 Å². The van der Waals surface area contributed by atoms with Crippen LogP contribution in [0.15, 0.2) is 0 Å². The highest BCUT2D eigenvalue weighted by atomic mass is 16.6. The van der Waals surface area contributed by atoms with Gasteiger partial charge in [0.15, 0.2) is 0 Å². The second-order valence-corrected chi connectivity index (χ2v) is 2.78. The molecule has 3 N–H and O–H groups in total. The SMILES string of the molecule is CC(=O)OC1C[C@H](N)O[C@@H]1CO. The van der Waals surface area contributed by atoms with Gasteiger partial charge in [-0.3, -0.25) is 4.79 Å². The van der Waals surface area contributed by atoms with E-state index in [4.69, 9.17) is 20.3 Å². The first-order valence-corrected chi connectivity index (χ1v) is 3.82. The Labute approximate surface area is 70.4 Å². The Hall–Kier alpha value is -0.650. The van der Waals surface area contributed by atoms with Gasteiger partial charge in [0.25, 0.3) is 0 Å². The summed E-state index contributed by atoms with van der Waals surface area (Å²) in [6, 6.07) is 0. The number of hydrogen-bond donors (Lipinski definition) is 2. The fraction of sp³-hybridized carbons (Fsp3) is 0.857. The number of aliphatic hydroxyl groups is 1. The maximum absolute atomic E-state index is 10.6. The fourth-order valence-electron chi connectivity index (χ4n) is 1.25. The molecule has 1 fully saturated rings. The standard InChI is InChI=1S/C7H13NO4/c1-4(10)11-5-2-7(8)12-6(5)3-9/h5-7,9H,2-3,8H2,1H3/t5?,6-,7-/m1/s1. The molecule has 0 saturated carbocycles. The second kappa shape index (κ2) is 3.84. The molecule has 5 heteroatoms. The number of nitrogens with two attached hydrogens (primary N) is 1. The molecule has 1 aliphatic heterocycles. The normalized spacial score (nSPS) is 35.1. The van der Waals surface area contributed by atoms with Gasteiger partial charge in [0.05, 0.1) is 6.61 Å². The van der Waals surface area contributed by atoms with E-state index in [1.807, 2.05) is 0 Å². The number of esters is 1. The highest BCUT2D eigenvalue weighted by Crippen LogP contribution is 2.19. The van der Waals surface area contributed by atoms with Crippen LogP contribution in [-0.2, 0) is 14.3 Å². The Balaban J connectivity index is 2.46. The maximum Gasteiger partial charge on any atom is 0.302 e. The monoisotopic (exact) mass is 175 g/mol. The third-order valence-corrected chi connectivity index (χ3v) is 1.73. The molecular formula is C7H13NO4. The number of rotatable bonds is 2. The topological polar surface area (TPSA) is 81.8 Å². The van der Waals surface area contributed by atoms with E-state index < -0.39 is 18.4 Å². The van der Waals surface area contributed by atoms with E-state index >= 15 is 0 Å². The van der Waals surface area contributed by atoms with E-state index in [2.05, 4.69) is 0 Å². The van der Waals surface area contributed by atoms with Crippen LogP contribution in [0.25, 0.3) is 0 Å². The van der Waals surface area contributed by atoms with Gasteiger partial charge < -0.3 is 20.3 Å². The lowest BCUT2D eigenvalue weighted by molar-refractivity contribution is -0.150. The second-order valence-electron chi connectivity index (χ2n) is 2.78. The Morgan fingerprint density at radius 2 is 2.50 bits per heavy atom. The zero-order valence-electron chi connectivity index (χ0n) is 6.90. The lowest BCUT2D eigenvalue weighted by atomic mass is 10.2. The van der Waals surface area contributed by atoms with Crippen molar-refractivity contribution in [1.29, 1.82) is 0 Å². The number of ether oxygens (including phenoxy) is 2. The summed E-state index contributed by atoms with van der Waals surface area (Å²) in [5.41, 5.74) is 5.44. The Kier molecular flexibility index (Phi) is 3.02.